The van der Waals surface area contributed by atoms with Crippen LogP contribution in [-0.2, 0) is 5.66 Å². The summed E-state index contributed by atoms with van der Waals surface area (Å²) in [5.74, 6) is 2.41. The van der Waals surface area contributed by atoms with Gasteiger partial charge < -0.3 is 9.73 Å². The van der Waals surface area contributed by atoms with Gasteiger partial charge in [-0.05, 0) is 26.0 Å². The maximum atomic E-state index is 5.99. The molecular formula is C27H23N3O. The molecule has 5 rings (SSSR count). The maximum absolute atomic E-state index is 5.99. The van der Waals surface area contributed by atoms with E-state index >= 15 is 0 Å². The van der Waals surface area contributed by atoms with Gasteiger partial charge in [0.1, 0.15) is 23.0 Å². The van der Waals surface area contributed by atoms with Crippen LogP contribution in [0.3, 0.4) is 0 Å². The Balaban J connectivity index is 1.66. The Morgan fingerprint density at radius 3 is 2.19 bits per heavy atom. The summed E-state index contributed by atoms with van der Waals surface area (Å²) >= 11 is 0. The average Bonchev–Trinajstić information content (AvgIpc) is 3.14. The Bertz CT molecular complexity index is 1330. The number of rotatable bonds is 4. The molecule has 31 heavy (non-hydrogen) atoms. The molecule has 1 aliphatic rings. The number of fused-ring (bicyclic) bond motifs is 1. The molecule has 0 amide bonds. The number of nitrogens with one attached hydrogen (secondary N) is 1. The third-order valence-corrected chi connectivity index (χ3v) is 5.66. The third kappa shape index (κ3) is 3.36. The largest absolute Gasteiger partial charge is 0.461 e. The molecule has 0 spiro atoms. The van der Waals surface area contributed by atoms with E-state index in [4.69, 9.17) is 14.4 Å². The summed E-state index contributed by atoms with van der Waals surface area (Å²) in [6.45, 7) is 7.91. The topological polar surface area (TPSA) is 49.9 Å². The number of nitrogens with zero attached hydrogens (tertiary/aromatic N) is 2. The zero-order valence-corrected chi connectivity index (χ0v) is 17.6. The van der Waals surface area contributed by atoms with E-state index < -0.39 is 5.66 Å². The summed E-state index contributed by atoms with van der Waals surface area (Å²) in [4.78, 5) is 10.0. The van der Waals surface area contributed by atoms with E-state index in [0.717, 1.165) is 50.7 Å². The molecule has 0 saturated heterocycles. The van der Waals surface area contributed by atoms with Crippen molar-refractivity contribution in [1.29, 1.82) is 0 Å². The zero-order valence-electron chi connectivity index (χ0n) is 17.6. The highest BCUT2D eigenvalue weighted by Crippen LogP contribution is 2.32. The molecule has 0 saturated carbocycles. The molecule has 0 fully saturated rings. The van der Waals surface area contributed by atoms with Crippen molar-refractivity contribution >= 4 is 28.7 Å². The minimum atomic E-state index is -0.743. The van der Waals surface area contributed by atoms with Crippen molar-refractivity contribution in [2.45, 2.75) is 19.5 Å². The van der Waals surface area contributed by atoms with E-state index in [-0.39, 0.29) is 0 Å². The predicted octanol–water partition coefficient (Wildman–Crippen LogP) is 6.05. The van der Waals surface area contributed by atoms with Gasteiger partial charge in [-0.25, -0.2) is 9.98 Å². The standard InChI is InChI=1S/C27H23N3O/c1-4-22-18(2)31-24-17-20(15-16-23(22)24)26-28-25(19-11-7-5-8-12-19)29-27(3,30-26)21-13-9-6-10-14-21/h4-17H,1H2,2-3H3,(H,28,29,30). The van der Waals surface area contributed by atoms with E-state index in [1.54, 1.807) is 0 Å². The first-order chi connectivity index (χ1) is 15.1. The van der Waals surface area contributed by atoms with E-state index in [0.29, 0.717) is 0 Å². The predicted molar refractivity (Wildman–Crippen MR) is 127 cm³/mol. The number of hydrogen-bond donors (Lipinski definition) is 1. The summed E-state index contributed by atoms with van der Waals surface area (Å²) in [6, 6.07) is 26.5. The maximum Gasteiger partial charge on any atom is 0.177 e. The first kappa shape index (κ1) is 19.1. The van der Waals surface area contributed by atoms with Gasteiger partial charge in [0.05, 0.1) is 0 Å². The lowest BCUT2D eigenvalue weighted by molar-refractivity contribution is 0.518. The number of furan rings is 1. The molecule has 1 atom stereocenters. The minimum Gasteiger partial charge on any atom is -0.461 e. The van der Waals surface area contributed by atoms with Crippen LogP contribution in [0.1, 0.15) is 34.9 Å². The second kappa shape index (κ2) is 7.40. The van der Waals surface area contributed by atoms with Gasteiger partial charge in [0.2, 0.25) is 0 Å². The lowest BCUT2D eigenvalue weighted by atomic mass is 10.00. The number of benzene rings is 3. The minimum absolute atomic E-state index is 0.743. The van der Waals surface area contributed by atoms with Gasteiger partial charge in [-0.2, -0.15) is 0 Å². The summed E-state index contributed by atoms with van der Waals surface area (Å²) in [5, 5.41) is 4.50. The fourth-order valence-electron chi connectivity index (χ4n) is 4.02. The van der Waals surface area contributed by atoms with Crippen molar-refractivity contribution in [3.63, 3.8) is 0 Å². The first-order valence-corrected chi connectivity index (χ1v) is 10.3. The molecule has 1 aromatic heterocycles. The molecule has 1 unspecified atom stereocenters. The Kier molecular flexibility index (Phi) is 4.55. The molecule has 2 heterocycles. The molecule has 0 radical (unpaired) electrons. The molecular weight excluding hydrogens is 382 g/mol. The molecule has 1 aliphatic heterocycles. The second-order valence-corrected chi connectivity index (χ2v) is 7.79. The van der Waals surface area contributed by atoms with Crippen molar-refractivity contribution in [2.24, 2.45) is 9.98 Å². The van der Waals surface area contributed by atoms with Gasteiger partial charge in [-0.1, -0.05) is 79.4 Å². The van der Waals surface area contributed by atoms with Crippen LogP contribution >= 0.6 is 0 Å². The SMILES string of the molecule is C=Cc1c(C)oc2cc(C3=NC(C)(c4ccccc4)N=C(c4ccccc4)N3)ccc12. The molecule has 4 nitrogen and oxygen atoms in total. The first-order valence-electron chi connectivity index (χ1n) is 10.3. The number of hydrogen-bond acceptors (Lipinski definition) is 4. The van der Waals surface area contributed by atoms with Gasteiger partial charge in [0.15, 0.2) is 5.66 Å². The van der Waals surface area contributed by atoms with Crippen LogP contribution in [0.4, 0.5) is 0 Å². The fraction of sp³-hybridized carbons (Fsp3) is 0.111. The van der Waals surface area contributed by atoms with Gasteiger partial charge in [-0.3, -0.25) is 0 Å². The van der Waals surface area contributed by atoms with Gasteiger partial charge in [-0.15, -0.1) is 0 Å². The van der Waals surface area contributed by atoms with Crippen LogP contribution in [0.15, 0.2) is 99.8 Å². The smallest absolute Gasteiger partial charge is 0.177 e. The third-order valence-electron chi connectivity index (χ3n) is 5.66. The average molecular weight is 406 g/mol. The van der Waals surface area contributed by atoms with Crippen molar-refractivity contribution in [1.82, 2.24) is 5.32 Å². The summed E-state index contributed by atoms with van der Waals surface area (Å²) in [6.07, 6.45) is 1.84. The fourth-order valence-corrected chi connectivity index (χ4v) is 4.02. The molecule has 3 aromatic carbocycles. The molecule has 152 valence electrons. The highest BCUT2D eigenvalue weighted by Gasteiger charge is 2.31. The summed E-state index contributed by atoms with van der Waals surface area (Å²) in [5.41, 5.74) is 4.10. The van der Waals surface area contributed by atoms with E-state index in [2.05, 4.69) is 48.3 Å². The highest BCUT2D eigenvalue weighted by atomic mass is 16.3. The number of aryl methyl sites for hydroxylation is 1. The quantitative estimate of drug-likeness (QED) is 0.449. The number of aliphatic imine (C=N–C) groups is 2. The van der Waals surface area contributed by atoms with Crippen molar-refractivity contribution in [3.8, 4) is 0 Å². The van der Waals surface area contributed by atoms with Crippen LogP contribution in [0, 0.1) is 6.92 Å². The Hall–Kier alpha value is -3.92. The van der Waals surface area contributed by atoms with Crippen molar-refractivity contribution in [3.05, 3.63) is 113 Å². The second-order valence-electron chi connectivity index (χ2n) is 7.79. The van der Waals surface area contributed by atoms with Crippen LogP contribution in [0.5, 0.6) is 0 Å². The van der Waals surface area contributed by atoms with E-state index in [9.17, 15) is 0 Å². The van der Waals surface area contributed by atoms with Gasteiger partial charge in [0, 0.05) is 27.6 Å². The van der Waals surface area contributed by atoms with Crippen LogP contribution < -0.4 is 5.32 Å². The van der Waals surface area contributed by atoms with Crippen LogP contribution in [0.2, 0.25) is 0 Å². The van der Waals surface area contributed by atoms with Crippen LogP contribution in [0.25, 0.3) is 17.0 Å². The summed E-state index contributed by atoms with van der Waals surface area (Å²) < 4.78 is 5.99. The molecule has 0 bridgehead atoms. The molecule has 1 N–H and O–H groups in total. The lowest BCUT2D eigenvalue weighted by Gasteiger charge is -2.30. The van der Waals surface area contributed by atoms with Crippen molar-refractivity contribution in [2.75, 3.05) is 0 Å². The lowest BCUT2D eigenvalue weighted by Crippen LogP contribution is -2.40. The van der Waals surface area contributed by atoms with E-state index in [1.165, 1.54) is 0 Å². The monoisotopic (exact) mass is 405 g/mol. The van der Waals surface area contributed by atoms with Crippen LogP contribution in [-0.4, -0.2) is 11.7 Å². The van der Waals surface area contributed by atoms with E-state index in [1.807, 2.05) is 62.4 Å². The van der Waals surface area contributed by atoms with Gasteiger partial charge in [0.25, 0.3) is 0 Å². The molecule has 4 heteroatoms. The number of amidine groups is 2. The molecule has 4 aromatic rings. The zero-order chi connectivity index (χ0) is 21.4. The van der Waals surface area contributed by atoms with Crippen molar-refractivity contribution < 1.29 is 4.42 Å². The summed E-state index contributed by atoms with van der Waals surface area (Å²) in [7, 11) is 0. The Labute approximate surface area is 181 Å². The Morgan fingerprint density at radius 2 is 1.52 bits per heavy atom. The molecule has 0 aliphatic carbocycles. The normalized spacial score (nSPS) is 18.3. The highest BCUT2D eigenvalue weighted by molar-refractivity contribution is 6.16. The van der Waals surface area contributed by atoms with Gasteiger partial charge >= 0.3 is 0 Å². The Morgan fingerprint density at radius 1 is 0.871 bits per heavy atom.